The fourth-order valence-electron chi connectivity index (χ4n) is 2.04. The van der Waals surface area contributed by atoms with Crippen LogP contribution in [0.4, 0.5) is 5.82 Å². The third kappa shape index (κ3) is 3.31. The number of ether oxygens (including phenoxy) is 1. The minimum atomic E-state index is 0.556. The molecular weight excluding hydrogens is 330 g/mol. The Morgan fingerprint density at radius 1 is 1.00 bits per heavy atom. The van der Waals surface area contributed by atoms with Gasteiger partial charge < -0.3 is 10.1 Å². The fourth-order valence-corrected chi connectivity index (χ4v) is 2.44. The van der Waals surface area contributed by atoms with E-state index in [1.807, 2.05) is 48.5 Å². The van der Waals surface area contributed by atoms with E-state index in [2.05, 4.69) is 31.2 Å². The van der Waals surface area contributed by atoms with Gasteiger partial charge in [0.05, 0.1) is 16.5 Å². The summed E-state index contributed by atoms with van der Waals surface area (Å²) in [5, 5.41) is 4.30. The van der Waals surface area contributed by atoms with Crippen LogP contribution in [-0.2, 0) is 0 Å². The summed E-state index contributed by atoms with van der Waals surface area (Å²) in [4.78, 5) is 8.52. The molecule has 106 valence electrons. The Labute approximate surface area is 131 Å². The first kappa shape index (κ1) is 13.8. The molecule has 21 heavy (non-hydrogen) atoms. The molecule has 0 fully saturated rings. The zero-order valence-electron chi connectivity index (χ0n) is 11.3. The molecule has 4 nitrogen and oxygen atoms in total. The predicted molar refractivity (Wildman–Crippen MR) is 87.7 cm³/mol. The lowest BCUT2D eigenvalue weighted by Crippen LogP contribution is -2.12. The highest BCUT2D eigenvalue weighted by Crippen LogP contribution is 2.23. The van der Waals surface area contributed by atoms with Crippen LogP contribution in [0, 0.1) is 0 Å². The zero-order chi connectivity index (χ0) is 14.5. The monoisotopic (exact) mass is 343 g/mol. The zero-order valence-corrected chi connectivity index (χ0v) is 12.9. The highest BCUT2D eigenvalue weighted by Gasteiger charge is 2.02. The number of hydrogen-bond donors (Lipinski definition) is 1. The minimum Gasteiger partial charge on any atom is -0.491 e. The number of fused-ring (bicyclic) bond motifs is 1. The second-order valence-corrected chi connectivity index (χ2v) is 5.30. The Balaban J connectivity index is 1.61. The summed E-state index contributed by atoms with van der Waals surface area (Å²) in [5.41, 5.74) is 0.932. The van der Waals surface area contributed by atoms with Gasteiger partial charge >= 0.3 is 0 Å². The van der Waals surface area contributed by atoms with Crippen molar-refractivity contribution in [2.45, 2.75) is 0 Å². The maximum Gasteiger partial charge on any atom is 0.137 e. The lowest BCUT2D eigenvalue weighted by molar-refractivity contribution is 0.331. The molecule has 0 amide bonds. The Hall–Kier alpha value is -2.14. The molecular formula is C16H14BrN3O. The van der Waals surface area contributed by atoms with Crippen LogP contribution in [0.1, 0.15) is 0 Å². The maximum atomic E-state index is 5.72. The summed E-state index contributed by atoms with van der Waals surface area (Å²) in [6.07, 6.45) is 1.57. The molecule has 0 aliphatic rings. The maximum absolute atomic E-state index is 5.72. The van der Waals surface area contributed by atoms with Crippen LogP contribution in [0.2, 0.25) is 0 Å². The summed E-state index contributed by atoms with van der Waals surface area (Å²) < 4.78 is 6.67. The van der Waals surface area contributed by atoms with Gasteiger partial charge in [-0.15, -0.1) is 0 Å². The van der Waals surface area contributed by atoms with Crippen LogP contribution in [0.5, 0.6) is 5.75 Å². The van der Waals surface area contributed by atoms with Gasteiger partial charge in [0.1, 0.15) is 24.5 Å². The van der Waals surface area contributed by atoms with Crippen LogP contribution in [0.3, 0.4) is 0 Å². The topological polar surface area (TPSA) is 47.0 Å². The summed E-state index contributed by atoms with van der Waals surface area (Å²) >= 11 is 3.46. The van der Waals surface area contributed by atoms with Crippen LogP contribution in [0.25, 0.3) is 10.9 Å². The molecule has 0 unspecified atom stereocenters. The highest BCUT2D eigenvalue weighted by molar-refractivity contribution is 9.10. The number of hydrogen-bond acceptors (Lipinski definition) is 4. The minimum absolute atomic E-state index is 0.556. The van der Waals surface area contributed by atoms with Crippen LogP contribution in [-0.4, -0.2) is 23.1 Å². The van der Waals surface area contributed by atoms with Gasteiger partial charge in [-0.3, -0.25) is 0 Å². The van der Waals surface area contributed by atoms with E-state index in [4.69, 9.17) is 4.74 Å². The number of nitrogens with one attached hydrogen (secondary N) is 1. The van der Waals surface area contributed by atoms with Gasteiger partial charge in [-0.25, -0.2) is 9.97 Å². The van der Waals surface area contributed by atoms with E-state index < -0.39 is 0 Å². The fraction of sp³-hybridized carbons (Fsp3) is 0.125. The lowest BCUT2D eigenvalue weighted by atomic mass is 10.2. The second-order valence-electron chi connectivity index (χ2n) is 4.45. The summed E-state index contributed by atoms with van der Waals surface area (Å²) in [6.45, 7) is 1.23. The number of rotatable bonds is 5. The molecule has 5 heteroatoms. The van der Waals surface area contributed by atoms with Crippen molar-refractivity contribution in [3.63, 3.8) is 0 Å². The van der Waals surface area contributed by atoms with Gasteiger partial charge in [-0.05, 0) is 40.2 Å². The van der Waals surface area contributed by atoms with Gasteiger partial charge in [0.2, 0.25) is 0 Å². The summed E-state index contributed by atoms with van der Waals surface area (Å²) in [7, 11) is 0. The molecule has 0 saturated heterocycles. The normalized spacial score (nSPS) is 10.5. The van der Waals surface area contributed by atoms with E-state index in [1.54, 1.807) is 6.33 Å². The predicted octanol–water partition coefficient (Wildman–Crippen LogP) is 3.88. The molecule has 1 aromatic heterocycles. The number of anilines is 1. The van der Waals surface area contributed by atoms with Crippen molar-refractivity contribution < 1.29 is 4.74 Å². The Bertz CT molecular complexity index is 743. The molecule has 0 atom stereocenters. The summed E-state index contributed by atoms with van der Waals surface area (Å²) in [6, 6.07) is 15.7. The number of halogens is 1. The Morgan fingerprint density at radius 2 is 1.81 bits per heavy atom. The van der Waals surface area contributed by atoms with Gasteiger partial charge in [-0.2, -0.15) is 0 Å². The molecule has 0 aliphatic carbocycles. The molecule has 0 bridgehead atoms. The van der Waals surface area contributed by atoms with Crippen LogP contribution >= 0.6 is 15.9 Å². The van der Waals surface area contributed by atoms with Gasteiger partial charge in [0.15, 0.2) is 0 Å². The molecule has 0 spiro atoms. The molecule has 1 heterocycles. The molecule has 2 aromatic carbocycles. The van der Waals surface area contributed by atoms with Crippen molar-refractivity contribution in [3.8, 4) is 5.75 Å². The average Bonchev–Trinajstić information content (AvgIpc) is 2.53. The van der Waals surface area contributed by atoms with Gasteiger partial charge in [0.25, 0.3) is 0 Å². The molecule has 3 rings (SSSR count). The Morgan fingerprint density at radius 3 is 2.71 bits per heavy atom. The quantitative estimate of drug-likeness (QED) is 0.714. The first-order chi connectivity index (χ1) is 10.3. The van der Waals surface area contributed by atoms with Crippen molar-refractivity contribution in [1.29, 1.82) is 0 Å². The molecule has 0 aliphatic heterocycles. The van der Waals surface area contributed by atoms with Crippen molar-refractivity contribution in [2.24, 2.45) is 0 Å². The number of nitrogens with zero attached hydrogens (tertiary/aromatic N) is 2. The van der Waals surface area contributed by atoms with Crippen LogP contribution in [0.15, 0.2) is 59.3 Å². The lowest BCUT2D eigenvalue weighted by Gasteiger charge is -2.10. The van der Waals surface area contributed by atoms with E-state index >= 15 is 0 Å². The van der Waals surface area contributed by atoms with E-state index in [1.165, 1.54) is 0 Å². The molecule has 3 aromatic rings. The third-order valence-electron chi connectivity index (χ3n) is 3.03. The van der Waals surface area contributed by atoms with Crippen molar-refractivity contribution in [3.05, 3.63) is 59.3 Å². The Kier molecular flexibility index (Phi) is 4.31. The average molecular weight is 344 g/mol. The largest absolute Gasteiger partial charge is 0.491 e. The van der Waals surface area contributed by atoms with Gasteiger partial charge in [-0.1, -0.05) is 24.3 Å². The van der Waals surface area contributed by atoms with E-state index in [9.17, 15) is 0 Å². The highest BCUT2D eigenvalue weighted by atomic mass is 79.9. The van der Waals surface area contributed by atoms with Crippen molar-refractivity contribution in [2.75, 3.05) is 18.5 Å². The smallest absolute Gasteiger partial charge is 0.137 e. The first-order valence-corrected chi connectivity index (χ1v) is 7.45. The van der Waals surface area contributed by atoms with E-state index in [0.29, 0.717) is 13.2 Å². The first-order valence-electron chi connectivity index (χ1n) is 6.65. The number of para-hydroxylation sites is 2. The number of benzene rings is 2. The van der Waals surface area contributed by atoms with Crippen LogP contribution < -0.4 is 10.1 Å². The van der Waals surface area contributed by atoms with Gasteiger partial charge in [0, 0.05) is 5.39 Å². The SMILES string of the molecule is Brc1ccccc1OCCNc1ncnc2ccccc12. The van der Waals surface area contributed by atoms with Crippen molar-refractivity contribution >= 4 is 32.7 Å². The summed E-state index contributed by atoms with van der Waals surface area (Å²) in [5.74, 6) is 1.67. The van der Waals surface area contributed by atoms with E-state index in [-0.39, 0.29) is 0 Å². The molecule has 0 saturated carbocycles. The number of aromatic nitrogens is 2. The van der Waals surface area contributed by atoms with Crippen molar-refractivity contribution in [1.82, 2.24) is 9.97 Å². The second kappa shape index (κ2) is 6.54. The molecule has 1 N–H and O–H groups in total. The standard InChI is InChI=1S/C16H14BrN3O/c17-13-6-2-4-8-15(13)21-10-9-18-16-12-5-1-3-7-14(12)19-11-20-16/h1-8,11H,9-10H2,(H,18,19,20). The molecule has 0 radical (unpaired) electrons. The van der Waals surface area contributed by atoms with E-state index in [0.717, 1.165) is 26.9 Å². The third-order valence-corrected chi connectivity index (χ3v) is 3.69.